The molecule has 0 fully saturated rings. The van der Waals surface area contributed by atoms with E-state index in [9.17, 15) is 0 Å². The van der Waals surface area contributed by atoms with Crippen LogP contribution in [0.25, 0.3) is 11.1 Å². The van der Waals surface area contributed by atoms with Crippen LogP contribution < -0.4 is 5.73 Å². The predicted molar refractivity (Wildman–Crippen MR) is 68.2 cm³/mol. The molecule has 0 bridgehead atoms. The van der Waals surface area contributed by atoms with Crippen LogP contribution in [0.3, 0.4) is 0 Å². The van der Waals surface area contributed by atoms with Crippen LogP contribution in [0.2, 0.25) is 0 Å². The predicted octanol–water partition coefficient (Wildman–Crippen LogP) is 2.76. The molecule has 0 unspecified atom stereocenters. The van der Waals surface area contributed by atoms with Gasteiger partial charge in [0.25, 0.3) is 0 Å². The molecule has 2 rings (SSSR count). The molecule has 84 valence electrons. The number of anilines is 1. The SMILES string of the molecule is CCc1ccc(-c2ccnc(N)c2C#N)cc1. The quantitative estimate of drug-likeness (QED) is 0.851. The standard InChI is InChI=1S/C14H13N3/c1-2-10-3-5-11(6-4-10)12-7-8-17-14(16)13(12)9-15/h3-8H,2H2,1H3,(H2,16,17). The average Bonchev–Trinajstić information content (AvgIpc) is 2.38. The van der Waals surface area contributed by atoms with Crippen LogP contribution in [0, 0.1) is 11.3 Å². The molecule has 0 aliphatic carbocycles. The van der Waals surface area contributed by atoms with Crippen LogP contribution in [0.4, 0.5) is 5.82 Å². The fourth-order valence-electron chi connectivity index (χ4n) is 1.76. The molecule has 0 aliphatic heterocycles. The highest BCUT2D eigenvalue weighted by Gasteiger charge is 2.08. The Bertz CT molecular complexity index is 565. The largest absolute Gasteiger partial charge is 0.383 e. The van der Waals surface area contributed by atoms with Gasteiger partial charge in [0, 0.05) is 11.8 Å². The number of pyridine rings is 1. The monoisotopic (exact) mass is 223 g/mol. The fourth-order valence-corrected chi connectivity index (χ4v) is 1.76. The molecule has 0 atom stereocenters. The molecule has 3 heteroatoms. The molecule has 1 aromatic carbocycles. The van der Waals surface area contributed by atoms with Crippen molar-refractivity contribution >= 4 is 5.82 Å². The van der Waals surface area contributed by atoms with Crippen LogP contribution in [-0.2, 0) is 6.42 Å². The van der Waals surface area contributed by atoms with Crippen LogP contribution in [0.15, 0.2) is 36.5 Å². The number of hydrogen-bond donors (Lipinski definition) is 1. The number of rotatable bonds is 2. The highest BCUT2D eigenvalue weighted by atomic mass is 14.8. The van der Waals surface area contributed by atoms with E-state index in [-0.39, 0.29) is 5.82 Å². The topological polar surface area (TPSA) is 62.7 Å². The van der Waals surface area contributed by atoms with Gasteiger partial charge in [-0.1, -0.05) is 31.2 Å². The Morgan fingerprint density at radius 3 is 2.53 bits per heavy atom. The van der Waals surface area contributed by atoms with Gasteiger partial charge in [0.15, 0.2) is 0 Å². The number of aromatic nitrogens is 1. The molecule has 1 heterocycles. The third-order valence-electron chi connectivity index (χ3n) is 2.77. The summed E-state index contributed by atoms with van der Waals surface area (Å²) >= 11 is 0. The van der Waals surface area contributed by atoms with E-state index >= 15 is 0 Å². The molecule has 3 nitrogen and oxygen atoms in total. The molecule has 0 spiro atoms. The Labute approximate surface area is 101 Å². The first-order chi connectivity index (χ1) is 8.26. The van der Waals surface area contributed by atoms with Gasteiger partial charge in [-0.15, -0.1) is 0 Å². The van der Waals surface area contributed by atoms with Gasteiger partial charge in [-0.3, -0.25) is 0 Å². The van der Waals surface area contributed by atoms with Crippen molar-refractivity contribution in [2.75, 3.05) is 5.73 Å². The zero-order valence-corrected chi connectivity index (χ0v) is 9.64. The van der Waals surface area contributed by atoms with E-state index in [4.69, 9.17) is 11.0 Å². The van der Waals surface area contributed by atoms with Gasteiger partial charge in [0.05, 0.1) is 0 Å². The maximum Gasteiger partial charge on any atom is 0.141 e. The smallest absolute Gasteiger partial charge is 0.141 e. The van der Waals surface area contributed by atoms with Crippen LogP contribution in [0.1, 0.15) is 18.1 Å². The maximum absolute atomic E-state index is 9.09. The summed E-state index contributed by atoms with van der Waals surface area (Å²) in [5.74, 6) is 0.282. The van der Waals surface area contributed by atoms with E-state index in [2.05, 4.69) is 30.1 Å². The second-order valence-electron chi connectivity index (χ2n) is 3.78. The number of aryl methyl sites for hydroxylation is 1. The van der Waals surface area contributed by atoms with Gasteiger partial charge < -0.3 is 5.73 Å². The van der Waals surface area contributed by atoms with E-state index in [0.29, 0.717) is 5.56 Å². The summed E-state index contributed by atoms with van der Waals surface area (Å²) in [6.45, 7) is 2.11. The normalized spacial score (nSPS) is 9.88. The summed E-state index contributed by atoms with van der Waals surface area (Å²) in [6, 6.07) is 12.1. The molecule has 0 radical (unpaired) electrons. The van der Waals surface area contributed by atoms with Crippen molar-refractivity contribution in [3.8, 4) is 17.2 Å². The summed E-state index contributed by atoms with van der Waals surface area (Å²) in [5.41, 5.74) is 9.23. The second-order valence-corrected chi connectivity index (χ2v) is 3.78. The first kappa shape index (κ1) is 11.2. The van der Waals surface area contributed by atoms with Gasteiger partial charge in [0.2, 0.25) is 0 Å². The number of nitrogen functional groups attached to an aromatic ring is 1. The first-order valence-electron chi connectivity index (χ1n) is 5.50. The Morgan fingerprint density at radius 1 is 1.24 bits per heavy atom. The average molecular weight is 223 g/mol. The Hall–Kier alpha value is -2.34. The van der Waals surface area contributed by atoms with E-state index in [1.807, 2.05) is 18.2 Å². The molecule has 2 aromatic rings. The molecule has 0 saturated carbocycles. The van der Waals surface area contributed by atoms with E-state index in [0.717, 1.165) is 17.5 Å². The number of benzene rings is 1. The number of hydrogen-bond acceptors (Lipinski definition) is 3. The molecule has 1 aromatic heterocycles. The molecule has 17 heavy (non-hydrogen) atoms. The zero-order valence-electron chi connectivity index (χ0n) is 9.64. The van der Waals surface area contributed by atoms with E-state index < -0.39 is 0 Å². The van der Waals surface area contributed by atoms with Gasteiger partial charge >= 0.3 is 0 Å². The first-order valence-corrected chi connectivity index (χ1v) is 5.50. The van der Waals surface area contributed by atoms with Gasteiger partial charge in [-0.2, -0.15) is 5.26 Å². The van der Waals surface area contributed by atoms with Crippen molar-refractivity contribution in [1.82, 2.24) is 4.98 Å². The summed E-state index contributed by atoms with van der Waals surface area (Å²) in [5, 5.41) is 9.09. The lowest BCUT2D eigenvalue weighted by atomic mass is 10.00. The van der Waals surface area contributed by atoms with Crippen LogP contribution in [-0.4, -0.2) is 4.98 Å². The van der Waals surface area contributed by atoms with Crippen molar-refractivity contribution < 1.29 is 0 Å². The highest BCUT2D eigenvalue weighted by molar-refractivity contribution is 5.75. The summed E-state index contributed by atoms with van der Waals surface area (Å²) < 4.78 is 0. The second kappa shape index (κ2) is 4.67. The zero-order chi connectivity index (χ0) is 12.3. The number of nitrogens with zero attached hydrogens (tertiary/aromatic N) is 2. The summed E-state index contributed by atoms with van der Waals surface area (Å²) in [7, 11) is 0. The lowest BCUT2D eigenvalue weighted by molar-refractivity contribution is 1.14. The Balaban J connectivity index is 2.53. The minimum Gasteiger partial charge on any atom is -0.383 e. The lowest BCUT2D eigenvalue weighted by Crippen LogP contribution is -1.96. The summed E-state index contributed by atoms with van der Waals surface area (Å²) in [4.78, 5) is 3.93. The van der Waals surface area contributed by atoms with Crippen molar-refractivity contribution in [3.63, 3.8) is 0 Å². The molecule has 0 amide bonds. The molecule has 2 N–H and O–H groups in total. The molecular weight excluding hydrogens is 210 g/mol. The van der Waals surface area contributed by atoms with Crippen molar-refractivity contribution in [2.45, 2.75) is 13.3 Å². The summed E-state index contributed by atoms with van der Waals surface area (Å²) in [6.07, 6.45) is 2.63. The van der Waals surface area contributed by atoms with Crippen molar-refractivity contribution in [1.29, 1.82) is 5.26 Å². The van der Waals surface area contributed by atoms with E-state index in [1.165, 1.54) is 5.56 Å². The Kier molecular flexibility index (Phi) is 3.06. The fraction of sp³-hybridized carbons (Fsp3) is 0.143. The molecule has 0 saturated heterocycles. The third kappa shape index (κ3) is 2.11. The highest BCUT2D eigenvalue weighted by Crippen LogP contribution is 2.25. The Morgan fingerprint density at radius 2 is 1.94 bits per heavy atom. The van der Waals surface area contributed by atoms with Crippen LogP contribution in [0.5, 0.6) is 0 Å². The maximum atomic E-state index is 9.09. The van der Waals surface area contributed by atoms with Crippen molar-refractivity contribution in [2.24, 2.45) is 0 Å². The third-order valence-corrected chi connectivity index (χ3v) is 2.77. The van der Waals surface area contributed by atoms with Crippen LogP contribution >= 0.6 is 0 Å². The van der Waals surface area contributed by atoms with Crippen molar-refractivity contribution in [3.05, 3.63) is 47.7 Å². The van der Waals surface area contributed by atoms with E-state index in [1.54, 1.807) is 6.20 Å². The number of nitrogens with two attached hydrogens (primary N) is 1. The minimum absolute atomic E-state index is 0.282. The minimum atomic E-state index is 0.282. The van der Waals surface area contributed by atoms with Gasteiger partial charge in [-0.05, 0) is 23.6 Å². The molecule has 0 aliphatic rings. The molecular formula is C14H13N3. The van der Waals surface area contributed by atoms with Gasteiger partial charge in [0.1, 0.15) is 17.5 Å². The number of nitriles is 1. The lowest BCUT2D eigenvalue weighted by Gasteiger charge is -2.06. The van der Waals surface area contributed by atoms with Gasteiger partial charge in [-0.25, -0.2) is 4.98 Å².